The van der Waals surface area contributed by atoms with Crippen LogP contribution in [0.1, 0.15) is 30.9 Å². The fourth-order valence-electron chi connectivity index (χ4n) is 4.50. The Morgan fingerprint density at radius 2 is 1.48 bits per heavy atom. The molecular formula is C29H35N3O6S2. The van der Waals surface area contributed by atoms with Gasteiger partial charge in [0.2, 0.25) is 26.0 Å². The van der Waals surface area contributed by atoms with Gasteiger partial charge in [0.15, 0.2) is 0 Å². The van der Waals surface area contributed by atoms with Crippen LogP contribution in [0.4, 0.5) is 0 Å². The number of benzene rings is 3. The summed E-state index contributed by atoms with van der Waals surface area (Å²) < 4.78 is 60.5. The van der Waals surface area contributed by atoms with E-state index < -0.39 is 26.0 Å². The third kappa shape index (κ3) is 7.48. The molecule has 1 heterocycles. The molecule has 1 aliphatic rings. The Morgan fingerprint density at radius 1 is 0.850 bits per heavy atom. The monoisotopic (exact) mass is 585 g/mol. The predicted molar refractivity (Wildman–Crippen MR) is 153 cm³/mol. The van der Waals surface area contributed by atoms with E-state index in [9.17, 15) is 21.6 Å². The number of amides is 1. The normalized spacial score (nSPS) is 14.3. The lowest BCUT2D eigenvalue weighted by atomic mass is 10.1. The number of hydrogen-bond acceptors (Lipinski definition) is 6. The molecule has 0 bridgehead atoms. The van der Waals surface area contributed by atoms with Crippen molar-refractivity contribution in [1.29, 1.82) is 0 Å². The van der Waals surface area contributed by atoms with Crippen molar-refractivity contribution < 1.29 is 26.4 Å². The number of nitrogens with one attached hydrogen (secondary N) is 1. The van der Waals surface area contributed by atoms with Crippen LogP contribution in [0.2, 0.25) is 0 Å². The summed E-state index contributed by atoms with van der Waals surface area (Å²) in [6, 6.07) is 21.9. The number of carbonyl (C=O) groups is 1. The summed E-state index contributed by atoms with van der Waals surface area (Å²) in [6.45, 7) is 3.37. The second-order valence-electron chi connectivity index (χ2n) is 9.52. The topological polar surface area (TPSA) is 113 Å². The van der Waals surface area contributed by atoms with Gasteiger partial charge in [-0.15, -0.1) is 0 Å². The van der Waals surface area contributed by atoms with Gasteiger partial charge in [-0.1, -0.05) is 42.5 Å². The van der Waals surface area contributed by atoms with Gasteiger partial charge in [0, 0.05) is 26.2 Å². The van der Waals surface area contributed by atoms with Gasteiger partial charge in [0.25, 0.3) is 0 Å². The number of carbonyl (C=O) groups excluding carboxylic acids is 1. The predicted octanol–water partition coefficient (Wildman–Crippen LogP) is 3.42. The van der Waals surface area contributed by atoms with E-state index in [0.717, 1.165) is 28.3 Å². The first-order valence-corrected chi connectivity index (χ1v) is 16.2. The minimum atomic E-state index is -3.97. The number of hydrogen-bond donors (Lipinski definition) is 1. The van der Waals surface area contributed by atoms with Gasteiger partial charge in [-0.3, -0.25) is 4.79 Å². The molecule has 1 amide bonds. The SMILES string of the molecule is CCOc1ccc(S(=O)(=O)N(CC(=O)NCCc2ccc(S(=O)(=O)N3CCCC3)cc2)Cc2ccccc2)cc1. The molecule has 214 valence electrons. The Labute approximate surface area is 236 Å². The fraction of sp³-hybridized carbons (Fsp3) is 0.345. The van der Waals surface area contributed by atoms with Crippen molar-refractivity contribution in [3.63, 3.8) is 0 Å². The van der Waals surface area contributed by atoms with E-state index >= 15 is 0 Å². The lowest BCUT2D eigenvalue weighted by molar-refractivity contribution is -0.121. The molecule has 3 aromatic carbocycles. The zero-order chi connectivity index (χ0) is 28.6. The van der Waals surface area contributed by atoms with Crippen LogP contribution in [0.15, 0.2) is 88.7 Å². The molecule has 0 aliphatic carbocycles. The highest BCUT2D eigenvalue weighted by Crippen LogP contribution is 2.22. The third-order valence-corrected chi connectivity index (χ3v) is 10.4. The first-order chi connectivity index (χ1) is 19.2. The molecule has 40 heavy (non-hydrogen) atoms. The van der Waals surface area contributed by atoms with E-state index in [1.807, 2.05) is 37.3 Å². The summed E-state index contributed by atoms with van der Waals surface area (Å²) in [5.74, 6) is 0.133. The van der Waals surface area contributed by atoms with Gasteiger partial charge in [-0.25, -0.2) is 16.8 Å². The molecule has 1 N–H and O–H groups in total. The van der Waals surface area contributed by atoms with E-state index in [1.54, 1.807) is 36.4 Å². The molecule has 0 saturated carbocycles. The van der Waals surface area contributed by atoms with Crippen molar-refractivity contribution in [3.8, 4) is 5.75 Å². The molecule has 4 rings (SSSR count). The van der Waals surface area contributed by atoms with Crippen LogP contribution >= 0.6 is 0 Å². The lowest BCUT2D eigenvalue weighted by Crippen LogP contribution is -2.40. The number of ether oxygens (including phenoxy) is 1. The van der Waals surface area contributed by atoms with E-state index in [-0.39, 0.29) is 29.4 Å². The maximum Gasteiger partial charge on any atom is 0.243 e. The molecule has 11 heteroatoms. The molecule has 0 spiro atoms. The van der Waals surface area contributed by atoms with Crippen LogP contribution in [0.5, 0.6) is 5.75 Å². The van der Waals surface area contributed by atoms with Crippen molar-refractivity contribution >= 4 is 26.0 Å². The average Bonchev–Trinajstić information content (AvgIpc) is 3.50. The van der Waals surface area contributed by atoms with E-state index in [2.05, 4.69) is 5.32 Å². The fourth-order valence-corrected chi connectivity index (χ4v) is 7.41. The quantitative estimate of drug-likeness (QED) is 0.329. The molecule has 0 unspecified atom stereocenters. The standard InChI is InChI=1S/C29H35N3O6S2/c1-2-38-26-12-16-28(17-13-26)40(36,37)32(22-25-8-4-3-5-9-25)23-29(33)30-19-18-24-10-14-27(15-11-24)39(34,35)31-20-6-7-21-31/h3-5,8-17H,2,6-7,18-23H2,1H3,(H,30,33). The van der Waals surface area contributed by atoms with Gasteiger partial charge in [-0.2, -0.15) is 8.61 Å². The van der Waals surface area contributed by atoms with Crippen molar-refractivity contribution in [1.82, 2.24) is 13.9 Å². The first-order valence-electron chi connectivity index (χ1n) is 13.3. The molecule has 1 fully saturated rings. The minimum Gasteiger partial charge on any atom is -0.494 e. The highest BCUT2D eigenvalue weighted by molar-refractivity contribution is 7.89. The van der Waals surface area contributed by atoms with Crippen molar-refractivity contribution in [2.75, 3.05) is 32.8 Å². The summed E-state index contributed by atoms with van der Waals surface area (Å²) >= 11 is 0. The minimum absolute atomic E-state index is 0.0385. The van der Waals surface area contributed by atoms with Crippen molar-refractivity contribution in [2.24, 2.45) is 0 Å². The Kier molecular flexibility index (Phi) is 9.96. The maximum absolute atomic E-state index is 13.5. The summed E-state index contributed by atoms with van der Waals surface area (Å²) in [5.41, 5.74) is 1.62. The first kappa shape index (κ1) is 29.7. The zero-order valence-corrected chi connectivity index (χ0v) is 24.2. The molecular weight excluding hydrogens is 550 g/mol. The highest BCUT2D eigenvalue weighted by Gasteiger charge is 2.28. The lowest BCUT2D eigenvalue weighted by Gasteiger charge is -2.22. The van der Waals surface area contributed by atoms with Gasteiger partial charge >= 0.3 is 0 Å². The van der Waals surface area contributed by atoms with Crippen LogP contribution in [-0.2, 0) is 37.8 Å². The summed E-state index contributed by atoms with van der Waals surface area (Å²) in [7, 11) is -7.45. The van der Waals surface area contributed by atoms with Crippen LogP contribution in [0.3, 0.4) is 0 Å². The van der Waals surface area contributed by atoms with Crippen LogP contribution < -0.4 is 10.1 Å². The summed E-state index contributed by atoms with van der Waals surface area (Å²) in [6.07, 6.45) is 2.22. The van der Waals surface area contributed by atoms with Crippen LogP contribution in [-0.4, -0.2) is 64.1 Å². The molecule has 1 saturated heterocycles. The Bertz CT molecular complexity index is 1470. The van der Waals surface area contributed by atoms with Gasteiger partial charge < -0.3 is 10.1 Å². The van der Waals surface area contributed by atoms with E-state index in [4.69, 9.17) is 4.74 Å². The summed E-state index contributed by atoms with van der Waals surface area (Å²) in [5, 5.41) is 2.79. The molecule has 0 aromatic heterocycles. The van der Waals surface area contributed by atoms with E-state index in [1.165, 1.54) is 16.4 Å². The van der Waals surface area contributed by atoms with Gasteiger partial charge in [-0.05, 0) is 73.7 Å². The molecule has 9 nitrogen and oxygen atoms in total. The van der Waals surface area contributed by atoms with Crippen LogP contribution in [0.25, 0.3) is 0 Å². The molecule has 0 radical (unpaired) electrons. The smallest absolute Gasteiger partial charge is 0.243 e. The Morgan fingerprint density at radius 3 is 2.10 bits per heavy atom. The van der Waals surface area contributed by atoms with Crippen molar-refractivity contribution in [3.05, 3.63) is 90.0 Å². The number of sulfonamides is 2. The highest BCUT2D eigenvalue weighted by atomic mass is 32.2. The third-order valence-electron chi connectivity index (χ3n) is 6.66. The van der Waals surface area contributed by atoms with Gasteiger partial charge in [0.1, 0.15) is 5.75 Å². The van der Waals surface area contributed by atoms with Crippen LogP contribution in [0, 0.1) is 0 Å². The second kappa shape index (κ2) is 13.4. The van der Waals surface area contributed by atoms with E-state index in [0.29, 0.717) is 31.9 Å². The Balaban J connectivity index is 1.39. The largest absolute Gasteiger partial charge is 0.494 e. The zero-order valence-electron chi connectivity index (χ0n) is 22.5. The maximum atomic E-state index is 13.5. The van der Waals surface area contributed by atoms with Crippen molar-refractivity contribution in [2.45, 2.75) is 42.5 Å². The number of nitrogens with zero attached hydrogens (tertiary/aromatic N) is 2. The number of rotatable bonds is 13. The molecule has 3 aromatic rings. The summed E-state index contributed by atoms with van der Waals surface area (Å²) in [4.78, 5) is 13.2. The molecule has 1 aliphatic heterocycles. The molecule has 0 atom stereocenters. The Hall–Kier alpha value is -3.25. The second-order valence-corrected chi connectivity index (χ2v) is 13.4. The average molecular weight is 586 g/mol. The van der Waals surface area contributed by atoms with Gasteiger partial charge in [0.05, 0.1) is 22.9 Å².